The van der Waals surface area contributed by atoms with Crippen LogP contribution in [0.2, 0.25) is 0 Å². The highest BCUT2D eigenvalue weighted by Crippen LogP contribution is 2.69. The van der Waals surface area contributed by atoms with Crippen LogP contribution >= 0.6 is 0 Å². The maximum absolute atomic E-state index is 13.2. The van der Waals surface area contributed by atoms with Crippen molar-refractivity contribution in [1.82, 2.24) is 4.90 Å². The van der Waals surface area contributed by atoms with Crippen LogP contribution in [0.4, 0.5) is 0 Å². The maximum Gasteiger partial charge on any atom is 0.308 e. The zero-order chi connectivity index (χ0) is 16.3. The Hall–Kier alpha value is -1.06. The Morgan fingerprint density at radius 2 is 1.68 bits per heavy atom. The topological polar surface area (TPSA) is 57.6 Å². The van der Waals surface area contributed by atoms with Gasteiger partial charge in [0, 0.05) is 13.6 Å². The second-order valence-corrected chi connectivity index (χ2v) is 9.34. The van der Waals surface area contributed by atoms with E-state index >= 15 is 0 Å². The fraction of sp³-hybridized carbons (Fsp3) is 0.889. The fourth-order valence-corrected chi connectivity index (χ4v) is 6.66. The number of nitrogens with zero attached hydrogens (tertiary/aromatic N) is 1. The van der Waals surface area contributed by atoms with Crippen molar-refractivity contribution in [2.45, 2.75) is 59.3 Å². The first kappa shape index (κ1) is 15.8. The number of carboxylic acids is 1. The first-order valence-electron chi connectivity index (χ1n) is 8.55. The third-order valence-corrected chi connectivity index (χ3v) is 6.40. The Kier molecular flexibility index (Phi) is 3.39. The fourth-order valence-electron chi connectivity index (χ4n) is 6.66. The molecule has 0 aromatic carbocycles. The number of hydrogen-bond donors (Lipinski definition) is 1. The second-order valence-electron chi connectivity index (χ2n) is 9.34. The molecule has 0 aromatic rings. The number of rotatable bonds is 4. The van der Waals surface area contributed by atoms with E-state index in [0.717, 1.165) is 19.3 Å². The predicted octanol–water partition coefficient (Wildman–Crippen LogP) is 3.16. The van der Waals surface area contributed by atoms with E-state index in [-0.39, 0.29) is 11.3 Å². The van der Waals surface area contributed by atoms with E-state index in [9.17, 15) is 9.59 Å². The van der Waals surface area contributed by atoms with Crippen molar-refractivity contribution in [3.05, 3.63) is 0 Å². The summed E-state index contributed by atoms with van der Waals surface area (Å²) in [6.07, 6.45) is 6.80. The van der Waals surface area contributed by atoms with E-state index in [4.69, 9.17) is 5.11 Å². The van der Waals surface area contributed by atoms with Crippen LogP contribution in [-0.4, -0.2) is 35.5 Å². The smallest absolute Gasteiger partial charge is 0.308 e. The van der Waals surface area contributed by atoms with E-state index < -0.39 is 11.9 Å². The lowest BCUT2D eigenvalue weighted by molar-refractivity contribution is -0.179. The summed E-state index contributed by atoms with van der Waals surface area (Å²) >= 11 is 0. The van der Waals surface area contributed by atoms with Crippen molar-refractivity contribution in [2.24, 2.45) is 28.1 Å². The van der Waals surface area contributed by atoms with Crippen molar-refractivity contribution in [3.63, 3.8) is 0 Å². The molecule has 124 valence electrons. The number of hydrogen-bond acceptors (Lipinski definition) is 2. The maximum atomic E-state index is 13.2. The quantitative estimate of drug-likeness (QED) is 0.868. The first-order chi connectivity index (χ1) is 10.1. The molecule has 1 N–H and O–H groups in total. The Morgan fingerprint density at radius 1 is 1.14 bits per heavy atom. The van der Waals surface area contributed by atoms with Crippen LogP contribution in [-0.2, 0) is 9.59 Å². The molecule has 3 atom stereocenters. The zero-order valence-electron chi connectivity index (χ0n) is 14.3. The van der Waals surface area contributed by atoms with Gasteiger partial charge in [0.05, 0.1) is 11.3 Å². The molecule has 4 aliphatic rings. The average molecular weight is 307 g/mol. The van der Waals surface area contributed by atoms with Crippen molar-refractivity contribution in [1.29, 1.82) is 0 Å². The summed E-state index contributed by atoms with van der Waals surface area (Å²) in [5, 5.41) is 9.09. The molecule has 4 bridgehead atoms. The Balaban J connectivity index is 1.81. The van der Waals surface area contributed by atoms with E-state index in [2.05, 4.69) is 13.8 Å². The van der Waals surface area contributed by atoms with Crippen molar-refractivity contribution < 1.29 is 14.7 Å². The number of amides is 1. The minimum Gasteiger partial charge on any atom is -0.481 e. The molecule has 0 aliphatic heterocycles. The van der Waals surface area contributed by atoms with Gasteiger partial charge in [0.25, 0.3) is 0 Å². The van der Waals surface area contributed by atoms with Gasteiger partial charge in [-0.05, 0) is 55.3 Å². The molecule has 0 spiro atoms. The molecule has 4 fully saturated rings. The van der Waals surface area contributed by atoms with Gasteiger partial charge in [0.1, 0.15) is 0 Å². The minimum atomic E-state index is -0.830. The third-order valence-electron chi connectivity index (χ3n) is 6.40. The molecule has 4 saturated carbocycles. The SMILES string of the molecule is CC(CN(C)C(=O)C12CC3CC(C)(CC(C)(C3)C1)C2)C(=O)O. The molecule has 0 saturated heterocycles. The lowest BCUT2D eigenvalue weighted by Gasteiger charge is -2.65. The van der Waals surface area contributed by atoms with Crippen molar-refractivity contribution in [3.8, 4) is 0 Å². The molecule has 22 heavy (non-hydrogen) atoms. The molecule has 0 radical (unpaired) electrons. The van der Waals surface area contributed by atoms with E-state index in [1.165, 1.54) is 19.3 Å². The highest BCUT2D eigenvalue weighted by Gasteiger charge is 2.63. The molecule has 0 aromatic heterocycles. The second kappa shape index (κ2) is 4.72. The monoisotopic (exact) mass is 307 g/mol. The molecule has 4 heteroatoms. The van der Waals surface area contributed by atoms with Crippen molar-refractivity contribution >= 4 is 11.9 Å². The van der Waals surface area contributed by atoms with Gasteiger partial charge in [-0.25, -0.2) is 0 Å². The van der Waals surface area contributed by atoms with Gasteiger partial charge in [0.2, 0.25) is 5.91 Å². The van der Waals surface area contributed by atoms with Crippen LogP contribution < -0.4 is 0 Å². The molecule has 4 aliphatic carbocycles. The van der Waals surface area contributed by atoms with Gasteiger partial charge in [-0.3, -0.25) is 9.59 Å². The van der Waals surface area contributed by atoms with Crippen LogP contribution in [0.1, 0.15) is 59.3 Å². The van der Waals surface area contributed by atoms with Crippen LogP contribution in [0.3, 0.4) is 0 Å². The lowest BCUT2D eigenvalue weighted by atomic mass is 9.40. The first-order valence-corrected chi connectivity index (χ1v) is 8.55. The van der Waals surface area contributed by atoms with E-state index in [1.807, 2.05) is 0 Å². The largest absolute Gasteiger partial charge is 0.481 e. The molecule has 4 nitrogen and oxygen atoms in total. The number of aliphatic carboxylic acids is 1. The van der Waals surface area contributed by atoms with Gasteiger partial charge >= 0.3 is 5.97 Å². The van der Waals surface area contributed by atoms with Crippen LogP contribution in [0.5, 0.6) is 0 Å². The molecule has 3 unspecified atom stereocenters. The molecule has 4 rings (SSSR count). The number of carbonyl (C=O) groups excluding carboxylic acids is 1. The Morgan fingerprint density at radius 3 is 2.14 bits per heavy atom. The lowest BCUT2D eigenvalue weighted by Crippen LogP contribution is -2.60. The Bertz CT molecular complexity index is 496. The summed E-state index contributed by atoms with van der Waals surface area (Å²) in [4.78, 5) is 25.9. The summed E-state index contributed by atoms with van der Waals surface area (Å²) < 4.78 is 0. The average Bonchev–Trinajstić information content (AvgIpc) is 2.32. The standard InChI is InChI=1S/C18H29NO3/c1-12(14(20)21)8-19(4)15(22)18-7-13-5-16(2,10-18)9-17(3,6-13)11-18/h12-13H,5-11H2,1-4H3,(H,20,21). The highest BCUT2D eigenvalue weighted by molar-refractivity contribution is 5.84. The van der Waals surface area contributed by atoms with Crippen LogP contribution in [0, 0.1) is 28.1 Å². The number of carbonyl (C=O) groups is 2. The van der Waals surface area contributed by atoms with Crippen LogP contribution in [0.15, 0.2) is 0 Å². The highest BCUT2D eigenvalue weighted by atomic mass is 16.4. The molecular formula is C18H29NO3. The van der Waals surface area contributed by atoms with Gasteiger partial charge in [-0.1, -0.05) is 20.8 Å². The third kappa shape index (κ3) is 2.44. The van der Waals surface area contributed by atoms with E-state index in [1.54, 1.807) is 18.9 Å². The summed E-state index contributed by atoms with van der Waals surface area (Å²) in [6, 6.07) is 0. The van der Waals surface area contributed by atoms with Gasteiger partial charge in [-0.2, -0.15) is 0 Å². The summed E-state index contributed by atoms with van der Waals surface area (Å²) in [5.41, 5.74) is 0.391. The normalized spacial score (nSPS) is 43.9. The van der Waals surface area contributed by atoms with Gasteiger partial charge < -0.3 is 10.0 Å². The summed E-state index contributed by atoms with van der Waals surface area (Å²) in [6.45, 7) is 6.71. The molecule has 0 heterocycles. The summed E-state index contributed by atoms with van der Waals surface area (Å²) in [5.74, 6) is -0.458. The van der Waals surface area contributed by atoms with Gasteiger partial charge in [-0.15, -0.1) is 0 Å². The van der Waals surface area contributed by atoms with Crippen LogP contribution in [0.25, 0.3) is 0 Å². The van der Waals surface area contributed by atoms with Gasteiger partial charge in [0.15, 0.2) is 0 Å². The predicted molar refractivity (Wildman–Crippen MR) is 84.3 cm³/mol. The molecular weight excluding hydrogens is 278 g/mol. The Labute approximate surface area is 133 Å². The molecule has 1 amide bonds. The number of carboxylic acid groups (broad SMARTS) is 1. The summed E-state index contributed by atoms with van der Waals surface area (Å²) in [7, 11) is 1.78. The zero-order valence-corrected chi connectivity index (χ0v) is 14.3. The minimum absolute atomic E-state index is 0.196. The van der Waals surface area contributed by atoms with Crippen molar-refractivity contribution in [2.75, 3.05) is 13.6 Å². The van der Waals surface area contributed by atoms with E-state index in [0.29, 0.717) is 23.3 Å².